The van der Waals surface area contributed by atoms with Gasteiger partial charge in [-0.2, -0.15) is 0 Å². The van der Waals surface area contributed by atoms with Gasteiger partial charge in [0.05, 0.1) is 26.4 Å². The van der Waals surface area contributed by atoms with E-state index in [1.807, 2.05) is 36.4 Å². The van der Waals surface area contributed by atoms with Crippen molar-refractivity contribution < 1.29 is 43.2 Å². The number of cyclic esters (lactones) is 1. The number of ketones is 1. The summed E-state index contributed by atoms with van der Waals surface area (Å²) in [5.74, 6) is -0.815. The molecule has 0 saturated carbocycles. The van der Waals surface area contributed by atoms with Gasteiger partial charge in [-0.3, -0.25) is 9.59 Å². The number of benzene rings is 2. The molecule has 4 rings (SSSR count). The van der Waals surface area contributed by atoms with E-state index in [0.29, 0.717) is 25.4 Å². The Morgan fingerprint density at radius 2 is 1.82 bits per heavy atom. The van der Waals surface area contributed by atoms with Crippen LogP contribution in [0.4, 0.5) is 4.79 Å². The number of ether oxygens (including phenoxy) is 5. The van der Waals surface area contributed by atoms with Crippen molar-refractivity contribution in [1.82, 2.24) is 4.90 Å². The Morgan fingerprint density at radius 3 is 2.52 bits per heavy atom. The van der Waals surface area contributed by atoms with Gasteiger partial charge >= 0.3 is 6.09 Å². The SMILES string of the molecule is CO[C@@H](C(=O)N1C(=O)OC[C@H]1c1ccccc1)[C@@H]1OC(=CCCOC[C@@H](CO)OCc2ccccc2)C=CC1=O. The third kappa shape index (κ3) is 7.42. The minimum atomic E-state index is -1.36. The molecule has 2 aliphatic heterocycles. The molecule has 2 aromatic carbocycles. The number of aliphatic hydroxyl groups excluding tert-OH is 1. The van der Waals surface area contributed by atoms with Crippen LogP contribution in [0.3, 0.4) is 0 Å². The van der Waals surface area contributed by atoms with E-state index in [2.05, 4.69) is 0 Å². The zero-order chi connectivity index (χ0) is 28.3. The van der Waals surface area contributed by atoms with Crippen LogP contribution in [0.5, 0.6) is 0 Å². The van der Waals surface area contributed by atoms with E-state index < -0.39 is 42.1 Å². The van der Waals surface area contributed by atoms with Crippen molar-refractivity contribution in [2.24, 2.45) is 0 Å². The lowest BCUT2D eigenvalue weighted by Gasteiger charge is -2.30. The number of allylic oxidation sites excluding steroid dienone is 1. The molecule has 212 valence electrons. The highest BCUT2D eigenvalue weighted by molar-refractivity contribution is 6.03. The molecule has 1 saturated heterocycles. The predicted octanol–water partition coefficient (Wildman–Crippen LogP) is 3.11. The number of carbonyl (C=O) groups is 3. The van der Waals surface area contributed by atoms with Gasteiger partial charge in [0.15, 0.2) is 18.0 Å². The molecule has 0 aromatic heterocycles. The molecule has 2 aromatic rings. The van der Waals surface area contributed by atoms with Crippen LogP contribution < -0.4 is 0 Å². The summed E-state index contributed by atoms with van der Waals surface area (Å²) < 4.78 is 27.7. The van der Waals surface area contributed by atoms with Crippen LogP contribution in [-0.2, 0) is 39.9 Å². The minimum Gasteiger partial charge on any atom is -0.479 e. The molecule has 0 bridgehead atoms. The molecule has 2 amide bonds. The molecule has 40 heavy (non-hydrogen) atoms. The van der Waals surface area contributed by atoms with Gasteiger partial charge in [0.1, 0.15) is 24.5 Å². The van der Waals surface area contributed by atoms with Crippen molar-refractivity contribution in [3.8, 4) is 0 Å². The molecule has 0 aliphatic carbocycles. The second kappa shape index (κ2) is 14.5. The van der Waals surface area contributed by atoms with Crippen LogP contribution in [0.15, 0.2) is 84.7 Å². The summed E-state index contributed by atoms with van der Waals surface area (Å²) in [7, 11) is 1.28. The summed E-state index contributed by atoms with van der Waals surface area (Å²) in [6, 6.07) is 18.0. The van der Waals surface area contributed by atoms with Crippen molar-refractivity contribution in [2.75, 3.05) is 33.5 Å². The molecule has 0 unspecified atom stereocenters. The van der Waals surface area contributed by atoms with E-state index >= 15 is 0 Å². The first-order valence-electron chi connectivity index (χ1n) is 13.0. The summed E-state index contributed by atoms with van der Waals surface area (Å²) in [4.78, 5) is 39.6. The second-order valence-corrected chi connectivity index (χ2v) is 9.21. The lowest BCUT2D eigenvalue weighted by Crippen LogP contribution is -2.51. The van der Waals surface area contributed by atoms with E-state index in [0.717, 1.165) is 16.0 Å². The van der Waals surface area contributed by atoms with Gasteiger partial charge in [-0.15, -0.1) is 0 Å². The molecule has 0 spiro atoms. The molecule has 10 nitrogen and oxygen atoms in total. The van der Waals surface area contributed by atoms with Crippen molar-refractivity contribution in [1.29, 1.82) is 0 Å². The Balaban J connectivity index is 1.30. The smallest absolute Gasteiger partial charge is 0.417 e. The maximum Gasteiger partial charge on any atom is 0.417 e. The fourth-order valence-corrected chi connectivity index (χ4v) is 4.35. The van der Waals surface area contributed by atoms with Crippen molar-refractivity contribution in [3.63, 3.8) is 0 Å². The van der Waals surface area contributed by atoms with Crippen LogP contribution in [0.1, 0.15) is 23.6 Å². The highest BCUT2D eigenvalue weighted by atomic mass is 16.6. The summed E-state index contributed by atoms with van der Waals surface area (Å²) in [6.07, 6.45) is 1.08. The first-order valence-corrected chi connectivity index (χ1v) is 13.0. The molecular formula is C30H33NO9. The summed E-state index contributed by atoms with van der Waals surface area (Å²) in [6.45, 7) is 0.721. The van der Waals surface area contributed by atoms with Crippen molar-refractivity contribution in [2.45, 2.75) is 37.4 Å². The third-order valence-corrected chi connectivity index (χ3v) is 6.47. The number of imide groups is 1. The maximum atomic E-state index is 13.4. The van der Waals surface area contributed by atoms with Crippen LogP contribution >= 0.6 is 0 Å². The molecule has 10 heteroatoms. The van der Waals surface area contributed by atoms with Gasteiger partial charge in [-0.25, -0.2) is 9.69 Å². The average molecular weight is 552 g/mol. The number of rotatable bonds is 13. The molecule has 4 atom stereocenters. The van der Waals surface area contributed by atoms with Gasteiger partial charge in [-0.1, -0.05) is 60.7 Å². The number of methoxy groups -OCH3 is 1. The molecule has 2 aliphatic rings. The zero-order valence-electron chi connectivity index (χ0n) is 22.2. The van der Waals surface area contributed by atoms with E-state index in [4.69, 9.17) is 23.7 Å². The minimum absolute atomic E-state index is 0.00395. The van der Waals surface area contributed by atoms with Gasteiger partial charge < -0.3 is 28.8 Å². The molecular weight excluding hydrogens is 518 g/mol. The molecule has 0 radical (unpaired) electrons. The van der Waals surface area contributed by atoms with Crippen LogP contribution in [-0.4, -0.2) is 79.6 Å². The largest absolute Gasteiger partial charge is 0.479 e. The number of hydrogen-bond acceptors (Lipinski definition) is 9. The third-order valence-electron chi connectivity index (χ3n) is 6.47. The normalized spacial score (nSPS) is 21.2. The highest BCUT2D eigenvalue weighted by Crippen LogP contribution is 2.30. The maximum absolute atomic E-state index is 13.4. The zero-order valence-corrected chi connectivity index (χ0v) is 22.2. The van der Waals surface area contributed by atoms with E-state index in [-0.39, 0.29) is 19.8 Å². The first kappa shape index (κ1) is 29.2. The molecule has 2 heterocycles. The Labute approximate surface area is 232 Å². The number of hydrogen-bond donors (Lipinski definition) is 1. The summed E-state index contributed by atoms with van der Waals surface area (Å²) >= 11 is 0. The van der Waals surface area contributed by atoms with E-state index in [1.165, 1.54) is 19.3 Å². The van der Waals surface area contributed by atoms with E-state index in [1.54, 1.807) is 30.3 Å². The summed E-state index contributed by atoms with van der Waals surface area (Å²) in [5, 5.41) is 9.57. The van der Waals surface area contributed by atoms with Crippen molar-refractivity contribution >= 4 is 17.8 Å². The Bertz CT molecular complexity index is 1200. The van der Waals surface area contributed by atoms with E-state index in [9.17, 15) is 19.5 Å². The topological polar surface area (TPSA) is 121 Å². The van der Waals surface area contributed by atoms with Gasteiger partial charge in [-0.05, 0) is 35.8 Å². The number of carbonyl (C=O) groups excluding carboxylic acids is 3. The number of nitrogens with zero attached hydrogens (tertiary/aromatic N) is 1. The van der Waals surface area contributed by atoms with Crippen LogP contribution in [0, 0.1) is 0 Å². The average Bonchev–Trinajstić information content (AvgIpc) is 3.38. The summed E-state index contributed by atoms with van der Waals surface area (Å²) in [5.41, 5.74) is 1.72. The van der Waals surface area contributed by atoms with Crippen LogP contribution in [0.2, 0.25) is 0 Å². The molecule has 1 fully saturated rings. The predicted molar refractivity (Wildman–Crippen MR) is 143 cm³/mol. The number of amides is 2. The standard InChI is InChI=1S/C30H33NO9/c1-36-28(29(34)31-25(20-39-30(31)35)22-11-6-3-7-12-22)27-26(33)15-14-23(40-27)13-8-16-37-19-24(17-32)38-18-21-9-4-2-5-10-21/h2-7,9-15,24-25,27-28,32H,8,16-20H2,1H3/t24-,25+,27-,28-/m1/s1. The lowest BCUT2D eigenvalue weighted by molar-refractivity contribution is -0.153. The van der Waals surface area contributed by atoms with Crippen molar-refractivity contribution in [3.05, 3.63) is 95.8 Å². The first-order chi connectivity index (χ1) is 19.5. The fraction of sp³-hybridized carbons (Fsp3) is 0.367. The number of aliphatic hydroxyl groups is 1. The van der Waals surface area contributed by atoms with Gasteiger partial charge in [0, 0.05) is 7.11 Å². The van der Waals surface area contributed by atoms with Gasteiger partial charge in [0.25, 0.3) is 5.91 Å². The highest BCUT2D eigenvalue weighted by Gasteiger charge is 2.46. The van der Waals surface area contributed by atoms with Gasteiger partial charge in [0.2, 0.25) is 0 Å². The molecule has 1 N–H and O–H groups in total. The fourth-order valence-electron chi connectivity index (χ4n) is 4.35. The Hall–Kier alpha value is -3.83. The van der Waals surface area contributed by atoms with Crippen LogP contribution in [0.25, 0.3) is 0 Å². The Morgan fingerprint density at radius 1 is 1.10 bits per heavy atom. The monoisotopic (exact) mass is 551 g/mol. The lowest BCUT2D eigenvalue weighted by atomic mass is 10.0. The quantitative estimate of drug-likeness (QED) is 0.374. The second-order valence-electron chi connectivity index (χ2n) is 9.21. The Kier molecular flexibility index (Phi) is 10.6.